The normalized spacial score (nSPS) is 12.2. The summed E-state index contributed by atoms with van der Waals surface area (Å²) >= 11 is 0. The molecule has 68 valence electrons. The highest BCUT2D eigenvalue weighted by Gasteiger charge is 1.86. The summed E-state index contributed by atoms with van der Waals surface area (Å²) in [5, 5.41) is 8.69. The summed E-state index contributed by atoms with van der Waals surface area (Å²) in [5.74, 6) is 0. The second-order valence-corrected chi connectivity index (χ2v) is 2.94. The Balaban J connectivity index is 4.03. The molecule has 0 fully saturated rings. The van der Waals surface area contributed by atoms with Gasteiger partial charge in [-0.3, -0.25) is 0 Å². The van der Waals surface area contributed by atoms with Crippen LogP contribution in [0.25, 0.3) is 0 Å². The summed E-state index contributed by atoms with van der Waals surface area (Å²) < 4.78 is 0. The molecule has 0 saturated carbocycles. The predicted octanol–water partition coefficient (Wildman–Crippen LogP) is 2.84. The third kappa shape index (κ3) is 5.93. The maximum atomic E-state index is 8.69. The van der Waals surface area contributed by atoms with E-state index in [1.807, 2.05) is 25.2 Å². The third-order valence-electron chi connectivity index (χ3n) is 1.51. The largest absolute Gasteiger partial charge is 0.396 e. The van der Waals surface area contributed by atoms with Crippen molar-refractivity contribution in [1.29, 1.82) is 0 Å². The van der Waals surface area contributed by atoms with Crippen molar-refractivity contribution in [2.75, 3.05) is 6.61 Å². The van der Waals surface area contributed by atoms with E-state index in [1.54, 1.807) is 0 Å². The zero-order valence-corrected chi connectivity index (χ0v) is 8.17. The lowest BCUT2D eigenvalue weighted by Gasteiger charge is -1.95. The molecule has 0 aromatic heterocycles. The Morgan fingerprint density at radius 2 is 2.00 bits per heavy atom. The number of aliphatic hydroxyl groups excluding tert-OH is 1. The summed E-state index contributed by atoms with van der Waals surface area (Å²) in [6, 6.07) is 0. The van der Waals surface area contributed by atoms with Crippen molar-refractivity contribution in [2.24, 2.45) is 0 Å². The molecule has 1 heteroatoms. The van der Waals surface area contributed by atoms with Crippen LogP contribution in [0.1, 0.15) is 27.2 Å². The Kier molecular flexibility index (Phi) is 6.39. The van der Waals surface area contributed by atoms with Gasteiger partial charge in [-0.05, 0) is 27.2 Å². The van der Waals surface area contributed by atoms with Crippen LogP contribution < -0.4 is 0 Å². The average molecular weight is 166 g/mol. The van der Waals surface area contributed by atoms with Crippen molar-refractivity contribution in [1.82, 2.24) is 0 Å². The highest BCUT2D eigenvalue weighted by molar-refractivity contribution is 5.22. The lowest BCUT2D eigenvalue weighted by molar-refractivity contribution is 0.300. The maximum Gasteiger partial charge on any atom is 0.0471 e. The fourth-order valence-electron chi connectivity index (χ4n) is 0.817. The zero-order valence-electron chi connectivity index (χ0n) is 8.17. The number of hydrogen-bond acceptors (Lipinski definition) is 1. The molecule has 0 saturated heterocycles. The van der Waals surface area contributed by atoms with Gasteiger partial charge in [0, 0.05) is 6.61 Å². The molecule has 0 radical (unpaired) electrons. The van der Waals surface area contributed by atoms with E-state index in [-0.39, 0.29) is 6.61 Å². The average Bonchev–Trinajstić information content (AvgIpc) is 2.02. The van der Waals surface area contributed by atoms with Crippen LogP contribution in [0.2, 0.25) is 0 Å². The molecule has 0 aliphatic rings. The molecule has 0 rings (SSSR count). The first kappa shape index (κ1) is 11.2. The van der Waals surface area contributed by atoms with Crippen molar-refractivity contribution < 1.29 is 5.11 Å². The highest BCUT2D eigenvalue weighted by atomic mass is 16.2. The minimum absolute atomic E-state index is 0.221. The van der Waals surface area contributed by atoms with Crippen molar-refractivity contribution in [3.05, 3.63) is 35.5 Å². The highest BCUT2D eigenvalue weighted by Crippen LogP contribution is 2.02. The topological polar surface area (TPSA) is 20.2 Å². The molecule has 0 aromatic rings. The first-order valence-corrected chi connectivity index (χ1v) is 4.28. The van der Waals surface area contributed by atoms with E-state index in [0.29, 0.717) is 0 Å². The van der Waals surface area contributed by atoms with Gasteiger partial charge >= 0.3 is 0 Å². The number of aliphatic hydroxyl groups is 1. The van der Waals surface area contributed by atoms with Gasteiger partial charge in [0.05, 0.1) is 0 Å². The van der Waals surface area contributed by atoms with Crippen LogP contribution >= 0.6 is 0 Å². The fourth-order valence-corrected chi connectivity index (χ4v) is 0.817. The molecule has 0 amide bonds. The minimum atomic E-state index is 0.221. The smallest absolute Gasteiger partial charge is 0.0471 e. The molecule has 0 bridgehead atoms. The van der Waals surface area contributed by atoms with E-state index >= 15 is 0 Å². The maximum absolute atomic E-state index is 8.69. The summed E-state index contributed by atoms with van der Waals surface area (Å²) in [7, 11) is 0. The summed E-state index contributed by atoms with van der Waals surface area (Å²) in [4.78, 5) is 0. The van der Waals surface area contributed by atoms with Crippen LogP contribution in [0.3, 0.4) is 0 Å². The molecule has 1 N–H and O–H groups in total. The Hall–Kier alpha value is -0.820. The SMILES string of the molecule is C/C=C(\C=C\C=C(C)C)CCO. The molecule has 0 aliphatic heterocycles. The standard InChI is InChI=1S/C11H18O/c1-4-11(8-9-12)7-5-6-10(2)3/h4-7,12H,8-9H2,1-3H3/b7-5+,11-4+. The van der Waals surface area contributed by atoms with Gasteiger partial charge in [0.25, 0.3) is 0 Å². The minimum Gasteiger partial charge on any atom is -0.396 e. The van der Waals surface area contributed by atoms with Crippen LogP contribution in [-0.2, 0) is 0 Å². The Morgan fingerprint density at radius 1 is 1.33 bits per heavy atom. The molecular formula is C11H18O. The van der Waals surface area contributed by atoms with E-state index in [2.05, 4.69) is 19.9 Å². The van der Waals surface area contributed by atoms with Crippen LogP contribution in [0, 0.1) is 0 Å². The Labute approximate surface area is 75.1 Å². The number of hydrogen-bond donors (Lipinski definition) is 1. The first-order valence-electron chi connectivity index (χ1n) is 4.28. The van der Waals surface area contributed by atoms with Crippen molar-refractivity contribution >= 4 is 0 Å². The zero-order chi connectivity index (χ0) is 9.40. The van der Waals surface area contributed by atoms with Gasteiger partial charge in [0.2, 0.25) is 0 Å². The van der Waals surface area contributed by atoms with Crippen LogP contribution in [0.4, 0.5) is 0 Å². The summed E-state index contributed by atoms with van der Waals surface area (Å²) in [6.45, 7) is 6.33. The van der Waals surface area contributed by atoms with Gasteiger partial charge < -0.3 is 5.11 Å². The molecule has 0 heterocycles. The molecule has 1 nitrogen and oxygen atoms in total. The Morgan fingerprint density at radius 3 is 2.42 bits per heavy atom. The molecular weight excluding hydrogens is 148 g/mol. The van der Waals surface area contributed by atoms with Gasteiger partial charge in [-0.1, -0.05) is 35.5 Å². The van der Waals surface area contributed by atoms with Crippen LogP contribution in [0.15, 0.2) is 35.5 Å². The fraction of sp³-hybridized carbons (Fsp3) is 0.455. The van der Waals surface area contributed by atoms with Crippen molar-refractivity contribution in [3.63, 3.8) is 0 Å². The molecule has 0 aromatic carbocycles. The van der Waals surface area contributed by atoms with Gasteiger partial charge in [-0.25, -0.2) is 0 Å². The molecule has 0 atom stereocenters. The second kappa shape index (κ2) is 6.86. The van der Waals surface area contributed by atoms with E-state index in [9.17, 15) is 0 Å². The van der Waals surface area contributed by atoms with Gasteiger partial charge in [0.15, 0.2) is 0 Å². The van der Waals surface area contributed by atoms with Crippen molar-refractivity contribution in [3.8, 4) is 0 Å². The van der Waals surface area contributed by atoms with Crippen molar-refractivity contribution in [2.45, 2.75) is 27.2 Å². The van der Waals surface area contributed by atoms with E-state index < -0.39 is 0 Å². The monoisotopic (exact) mass is 166 g/mol. The second-order valence-electron chi connectivity index (χ2n) is 2.94. The Bertz CT molecular complexity index is 193. The molecule has 0 spiro atoms. The molecule has 0 aliphatic carbocycles. The van der Waals surface area contributed by atoms with E-state index in [4.69, 9.17) is 5.11 Å². The first-order chi connectivity index (χ1) is 5.70. The number of allylic oxidation sites excluding steroid dienone is 5. The van der Waals surface area contributed by atoms with Crippen LogP contribution in [0.5, 0.6) is 0 Å². The molecule has 12 heavy (non-hydrogen) atoms. The molecule has 0 unspecified atom stereocenters. The summed E-state index contributed by atoms with van der Waals surface area (Å²) in [6.07, 6.45) is 8.86. The van der Waals surface area contributed by atoms with E-state index in [1.165, 1.54) is 11.1 Å². The van der Waals surface area contributed by atoms with Gasteiger partial charge in [-0.2, -0.15) is 0 Å². The lowest BCUT2D eigenvalue weighted by Crippen LogP contribution is -1.84. The predicted molar refractivity (Wildman–Crippen MR) is 54.0 cm³/mol. The van der Waals surface area contributed by atoms with E-state index in [0.717, 1.165) is 6.42 Å². The quantitative estimate of drug-likeness (QED) is 0.637. The lowest BCUT2D eigenvalue weighted by atomic mass is 10.1. The number of rotatable bonds is 4. The summed E-state index contributed by atoms with van der Waals surface area (Å²) in [5.41, 5.74) is 2.46. The van der Waals surface area contributed by atoms with Crippen LogP contribution in [-0.4, -0.2) is 11.7 Å². The van der Waals surface area contributed by atoms with Gasteiger partial charge in [0.1, 0.15) is 0 Å². The van der Waals surface area contributed by atoms with Gasteiger partial charge in [-0.15, -0.1) is 0 Å². The third-order valence-corrected chi connectivity index (χ3v) is 1.51.